The van der Waals surface area contributed by atoms with Gasteiger partial charge in [-0.25, -0.2) is 0 Å². The number of rotatable bonds is 5. The summed E-state index contributed by atoms with van der Waals surface area (Å²) in [5.41, 5.74) is -0.599. The molecule has 4 heteroatoms. The van der Waals surface area contributed by atoms with Gasteiger partial charge in [-0.2, -0.15) is 0 Å². The first-order chi connectivity index (χ1) is 10.1. The van der Waals surface area contributed by atoms with Crippen molar-refractivity contribution in [1.29, 1.82) is 0 Å². The van der Waals surface area contributed by atoms with E-state index >= 15 is 0 Å². The highest BCUT2D eigenvalue weighted by Gasteiger charge is 2.53. The van der Waals surface area contributed by atoms with Gasteiger partial charge in [-0.1, -0.05) is 0 Å². The first-order valence-electron chi connectivity index (χ1n) is 8.75. The molecule has 4 rings (SSSR count). The van der Waals surface area contributed by atoms with Crippen molar-refractivity contribution in [3.05, 3.63) is 0 Å². The second-order valence-corrected chi connectivity index (χ2v) is 7.83. The minimum atomic E-state index is -0.616. The SMILES string of the molecule is O=C(NCC(O)(C1CC1)C1CC1)C1CCOC2(CCC2)C1. The molecule has 2 N–H and O–H groups in total. The maximum absolute atomic E-state index is 12.5. The molecule has 21 heavy (non-hydrogen) atoms. The number of nitrogens with one attached hydrogen (secondary N) is 1. The quantitative estimate of drug-likeness (QED) is 0.815. The summed E-state index contributed by atoms with van der Waals surface area (Å²) in [6, 6.07) is 0. The molecule has 0 aromatic rings. The van der Waals surface area contributed by atoms with Crippen LogP contribution in [-0.2, 0) is 9.53 Å². The van der Waals surface area contributed by atoms with Crippen LogP contribution in [0.15, 0.2) is 0 Å². The molecule has 1 saturated heterocycles. The Morgan fingerprint density at radius 1 is 1.19 bits per heavy atom. The number of carbonyl (C=O) groups excluding carboxylic acids is 1. The Morgan fingerprint density at radius 2 is 1.86 bits per heavy atom. The normalized spacial score (nSPS) is 31.8. The van der Waals surface area contributed by atoms with Gasteiger partial charge in [-0.3, -0.25) is 4.79 Å². The summed E-state index contributed by atoms with van der Waals surface area (Å²) in [7, 11) is 0. The third-order valence-corrected chi connectivity index (χ3v) is 6.24. The van der Waals surface area contributed by atoms with E-state index in [1.54, 1.807) is 0 Å². The number of aliphatic hydroxyl groups is 1. The predicted octanol–water partition coefficient (Wildman–Crippen LogP) is 2.00. The number of amides is 1. The summed E-state index contributed by atoms with van der Waals surface area (Å²) in [6.07, 6.45) is 9.69. The molecule has 1 spiro atoms. The van der Waals surface area contributed by atoms with Crippen LogP contribution >= 0.6 is 0 Å². The van der Waals surface area contributed by atoms with Gasteiger partial charge in [0, 0.05) is 19.1 Å². The number of carbonyl (C=O) groups is 1. The average molecular weight is 293 g/mol. The van der Waals surface area contributed by atoms with E-state index in [0.29, 0.717) is 25.0 Å². The summed E-state index contributed by atoms with van der Waals surface area (Å²) in [6.45, 7) is 1.18. The van der Waals surface area contributed by atoms with Crippen LogP contribution in [0.2, 0.25) is 0 Å². The molecule has 4 aliphatic rings. The van der Waals surface area contributed by atoms with Crippen molar-refractivity contribution in [3.8, 4) is 0 Å². The van der Waals surface area contributed by atoms with Gasteiger partial charge in [0.25, 0.3) is 0 Å². The van der Waals surface area contributed by atoms with E-state index in [1.165, 1.54) is 6.42 Å². The lowest BCUT2D eigenvalue weighted by molar-refractivity contribution is -0.157. The molecule has 118 valence electrons. The van der Waals surface area contributed by atoms with E-state index in [2.05, 4.69) is 5.32 Å². The minimum absolute atomic E-state index is 0.0174. The average Bonchev–Trinajstić information content (AvgIpc) is 3.32. The summed E-state index contributed by atoms with van der Waals surface area (Å²) < 4.78 is 5.89. The zero-order valence-corrected chi connectivity index (χ0v) is 12.8. The standard InChI is InChI=1S/C17H27NO3/c19-15(12-6-9-21-16(10-12)7-1-8-16)18-11-17(20,13-2-3-13)14-4-5-14/h12-14,20H,1-11H2,(H,18,19). The van der Waals surface area contributed by atoms with Crippen molar-refractivity contribution < 1.29 is 14.6 Å². The molecule has 1 heterocycles. The third-order valence-electron chi connectivity index (χ3n) is 6.24. The number of hydrogen-bond donors (Lipinski definition) is 2. The lowest BCUT2D eigenvalue weighted by atomic mass is 9.72. The van der Waals surface area contributed by atoms with Crippen molar-refractivity contribution >= 4 is 5.91 Å². The number of ether oxygens (including phenoxy) is 1. The summed E-state index contributed by atoms with van der Waals surface area (Å²) in [5.74, 6) is 1.09. The zero-order chi connectivity index (χ0) is 14.5. The van der Waals surface area contributed by atoms with E-state index in [0.717, 1.165) is 51.4 Å². The van der Waals surface area contributed by atoms with Gasteiger partial charge in [0.1, 0.15) is 0 Å². The van der Waals surface area contributed by atoms with Crippen LogP contribution < -0.4 is 5.32 Å². The van der Waals surface area contributed by atoms with Crippen LogP contribution in [0.5, 0.6) is 0 Å². The van der Waals surface area contributed by atoms with Crippen LogP contribution in [0.1, 0.15) is 57.8 Å². The monoisotopic (exact) mass is 293 g/mol. The highest BCUT2D eigenvalue weighted by atomic mass is 16.5. The molecule has 3 aliphatic carbocycles. The molecule has 1 amide bonds. The van der Waals surface area contributed by atoms with Crippen LogP contribution in [0, 0.1) is 17.8 Å². The van der Waals surface area contributed by atoms with Crippen molar-refractivity contribution in [2.45, 2.75) is 69.0 Å². The van der Waals surface area contributed by atoms with Crippen molar-refractivity contribution in [3.63, 3.8) is 0 Å². The maximum atomic E-state index is 12.5. The largest absolute Gasteiger partial charge is 0.387 e. The Balaban J connectivity index is 1.33. The van der Waals surface area contributed by atoms with Crippen LogP contribution in [-0.4, -0.2) is 35.4 Å². The fourth-order valence-corrected chi connectivity index (χ4v) is 4.33. The first-order valence-corrected chi connectivity index (χ1v) is 8.75. The Morgan fingerprint density at radius 3 is 2.38 bits per heavy atom. The zero-order valence-electron chi connectivity index (χ0n) is 12.8. The molecule has 0 aromatic carbocycles. The molecule has 0 aromatic heterocycles. The molecule has 4 fully saturated rings. The Labute approximate surface area is 126 Å². The van der Waals surface area contributed by atoms with Crippen molar-refractivity contribution in [2.24, 2.45) is 17.8 Å². The van der Waals surface area contributed by atoms with Crippen LogP contribution in [0.4, 0.5) is 0 Å². The first kappa shape index (κ1) is 14.0. The highest BCUT2D eigenvalue weighted by molar-refractivity contribution is 5.79. The maximum Gasteiger partial charge on any atom is 0.223 e. The van der Waals surface area contributed by atoms with Gasteiger partial charge in [0.15, 0.2) is 0 Å². The van der Waals surface area contributed by atoms with E-state index in [9.17, 15) is 9.90 Å². The Hall–Kier alpha value is -0.610. The van der Waals surface area contributed by atoms with Gasteiger partial charge < -0.3 is 15.2 Å². The Bertz CT molecular complexity index is 412. The molecule has 0 bridgehead atoms. The molecule has 1 aliphatic heterocycles. The van der Waals surface area contributed by atoms with Crippen molar-refractivity contribution in [1.82, 2.24) is 5.32 Å². The van der Waals surface area contributed by atoms with Gasteiger partial charge in [0.05, 0.1) is 11.2 Å². The lowest BCUT2D eigenvalue weighted by Gasteiger charge is -2.46. The second-order valence-electron chi connectivity index (χ2n) is 7.83. The number of hydrogen-bond acceptors (Lipinski definition) is 3. The lowest BCUT2D eigenvalue weighted by Crippen LogP contribution is -2.52. The fourth-order valence-electron chi connectivity index (χ4n) is 4.33. The molecular formula is C17H27NO3. The molecule has 3 saturated carbocycles. The fraction of sp³-hybridized carbons (Fsp3) is 0.941. The van der Waals surface area contributed by atoms with Crippen molar-refractivity contribution in [2.75, 3.05) is 13.2 Å². The smallest absolute Gasteiger partial charge is 0.223 e. The second kappa shape index (κ2) is 4.95. The summed E-state index contributed by atoms with van der Waals surface area (Å²) in [4.78, 5) is 12.5. The minimum Gasteiger partial charge on any atom is -0.387 e. The van der Waals surface area contributed by atoms with Gasteiger partial charge in [0.2, 0.25) is 5.91 Å². The van der Waals surface area contributed by atoms with Crippen LogP contribution in [0.25, 0.3) is 0 Å². The van der Waals surface area contributed by atoms with Gasteiger partial charge >= 0.3 is 0 Å². The Kier molecular flexibility index (Phi) is 3.30. The van der Waals surface area contributed by atoms with E-state index in [1.807, 2.05) is 0 Å². The molecule has 1 unspecified atom stereocenters. The molecule has 1 atom stereocenters. The van der Waals surface area contributed by atoms with E-state index in [-0.39, 0.29) is 17.4 Å². The van der Waals surface area contributed by atoms with Gasteiger partial charge in [-0.05, 0) is 69.6 Å². The molecular weight excluding hydrogens is 266 g/mol. The molecule has 0 radical (unpaired) electrons. The predicted molar refractivity (Wildman–Crippen MR) is 78.7 cm³/mol. The van der Waals surface area contributed by atoms with Gasteiger partial charge in [-0.15, -0.1) is 0 Å². The third kappa shape index (κ3) is 2.61. The topological polar surface area (TPSA) is 58.6 Å². The molecule has 4 nitrogen and oxygen atoms in total. The summed E-state index contributed by atoms with van der Waals surface area (Å²) in [5, 5.41) is 13.9. The highest BCUT2D eigenvalue weighted by Crippen LogP contribution is 2.51. The van der Waals surface area contributed by atoms with E-state index < -0.39 is 5.60 Å². The summed E-state index contributed by atoms with van der Waals surface area (Å²) >= 11 is 0. The van der Waals surface area contributed by atoms with E-state index in [4.69, 9.17) is 4.74 Å². The van der Waals surface area contributed by atoms with Crippen LogP contribution in [0.3, 0.4) is 0 Å².